The maximum absolute atomic E-state index is 13.6. The smallest absolute Gasteiger partial charge is 0.270 e. The van der Waals surface area contributed by atoms with Gasteiger partial charge in [-0.2, -0.15) is 0 Å². The minimum Gasteiger partial charge on any atom is -0.360 e. The highest BCUT2D eigenvalue weighted by Gasteiger charge is 2.35. The zero-order chi connectivity index (χ0) is 22.2. The van der Waals surface area contributed by atoms with Gasteiger partial charge in [0, 0.05) is 12.2 Å². The van der Waals surface area contributed by atoms with E-state index in [1.807, 2.05) is 43.3 Å². The van der Waals surface area contributed by atoms with Crippen molar-refractivity contribution in [1.29, 1.82) is 0 Å². The van der Waals surface area contributed by atoms with E-state index in [0.717, 1.165) is 34.0 Å². The molecule has 0 N–H and O–H groups in total. The van der Waals surface area contributed by atoms with Gasteiger partial charge in [0.25, 0.3) is 10.0 Å². The number of sulfonamides is 1. The van der Waals surface area contributed by atoms with Gasteiger partial charge in [-0.3, -0.25) is 9.10 Å². The lowest BCUT2D eigenvalue weighted by Crippen LogP contribution is -2.43. The van der Waals surface area contributed by atoms with Gasteiger partial charge in [0.2, 0.25) is 5.91 Å². The van der Waals surface area contributed by atoms with Crippen LogP contribution >= 0.6 is 0 Å². The summed E-state index contributed by atoms with van der Waals surface area (Å²) in [6, 6.07) is 14.9. The molecule has 0 radical (unpaired) electrons. The summed E-state index contributed by atoms with van der Waals surface area (Å²) >= 11 is 0. The first kappa shape index (κ1) is 21.1. The average Bonchev–Trinajstić information content (AvgIpc) is 3.35. The van der Waals surface area contributed by atoms with E-state index < -0.39 is 10.0 Å². The van der Waals surface area contributed by atoms with Crippen molar-refractivity contribution in [2.45, 2.75) is 38.5 Å². The number of aromatic nitrogens is 1. The average molecular weight is 440 g/mol. The first-order valence-electron chi connectivity index (χ1n) is 10.3. The number of hydrogen-bond acceptors (Lipinski definition) is 5. The van der Waals surface area contributed by atoms with Crippen molar-refractivity contribution in [2.24, 2.45) is 0 Å². The third-order valence-corrected chi connectivity index (χ3v) is 7.63. The summed E-state index contributed by atoms with van der Waals surface area (Å²) in [6.45, 7) is 5.39. The molecule has 0 bridgehead atoms. The van der Waals surface area contributed by atoms with Crippen LogP contribution in [0.2, 0.25) is 0 Å². The lowest BCUT2D eigenvalue weighted by Gasteiger charge is -2.27. The zero-order valence-corrected chi connectivity index (χ0v) is 18.6. The monoisotopic (exact) mass is 439 g/mol. The molecule has 1 aliphatic heterocycles. The van der Waals surface area contributed by atoms with Crippen molar-refractivity contribution in [1.82, 2.24) is 5.16 Å². The number of aryl methyl sites for hydroxylation is 3. The summed E-state index contributed by atoms with van der Waals surface area (Å²) in [5.41, 5.74) is 3.70. The summed E-state index contributed by atoms with van der Waals surface area (Å²) in [6.07, 6.45) is 1.59. The minimum atomic E-state index is -4.06. The second-order valence-electron chi connectivity index (χ2n) is 7.61. The Hall–Kier alpha value is -3.13. The number of anilines is 2. The number of carbonyl (C=O) groups is 1. The molecule has 3 aromatic rings. The molecule has 0 unspecified atom stereocenters. The Morgan fingerprint density at radius 3 is 2.48 bits per heavy atom. The Morgan fingerprint density at radius 2 is 1.84 bits per heavy atom. The minimum absolute atomic E-state index is 0.00156. The fourth-order valence-corrected chi connectivity index (χ4v) is 5.68. The molecule has 0 spiro atoms. The molecule has 0 atom stereocenters. The van der Waals surface area contributed by atoms with Crippen molar-refractivity contribution in [3.63, 3.8) is 0 Å². The Bertz CT molecular complexity index is 1200. The summed E-state index contributed by atoms with van der Waals surface area (Å²) in [5.74, 6) is -0.0773. The molecule has 1 amide bonds. The van der Waals surface area contributed by atoms with Crippen molar-refractivity contribution < 1.29 is 17.7 Å². The van der Waals surface area contributed by atoms with Crippen LogP contribution in [0.5, 0.6) is 0 Å². The van der Waals surface area contributed by atoms with E-state index in [0.29, 0.717) is 12.2 Å². The second-order valence-corrected chi connectivity index (χ2v) is 9.41. The number of rotatable bonds is 6. The Kier molecular flexibility index (Phi) is 5.58. The highest BCUT2D eigenvalue weighted by molar-refractivity contribution is 7.93. The van der Waals surface area contributed by atoms with Crippen molar-refractivity contribution >= 4 is 27.3 Å². The summed E-state index contributed by atoms with van der Waals surface area (Å²) < 4.78 is 33.5. The molecule has 162 valence electrons. The predicted molar refractivity (Wildman–Crippen MR) is 119 cm³/mol. The van der Waals surface area contributed by atoms with Crippen LogP contribution in [0.1, 0.15) is 29.5 Å². The molecule has 1 aromatic heterocycles. The second kappa shape index (κ2) is 8.19. The standard InChI is InChI=1S/C23H25N3O4S/c1-4-18-9-11-20(12-10-18)26(31(28,29)23-16(2)24-30-17(23)3)15-22(27)25-14-13-19-7-5-6-8-21(19)25/h5-12H,4,13-15H2,1-3H3. The molecule has 0 fully saturated rings. The van der Waals surface area contributed by atoms with E-state index in [4.69, 9.17) is 4.52 Å². The van der Waals surface area contributed by atoms with Gasteiger partial charge in [-0.1, -0.05) is 42.4 Å². The molecular formula is C23H25N3O4S. The molecule has 2 heterocycles. The number of carbonyl (C=O) groups excluding carboxylic acids is 1. The van der Waals surface area contributed by atoms with Gasteiger partial charge in [0.15, 0.2) is 10.7 Å². The molecular weight excluding hydrogens is 414 g/mol. The highest BCUT2D eigenvalue weighted by Crippen LogP contribution is 2.31. The molecule has 1 aliphatic rings. The third kappa shape index (κ3) is 3.83. The van der Waals surface area contributed by atoms with Crippen molar-refractivity contribution in [3.8, 4) is 0 Å². The van der Waals surface area contributed by atoms with E-state index in [2.05, 4.69) is 5.16 Å². The van der Waals surface area contributed by atoms with Gasteiger partial charge in [-0.15, -0.1) is 0 Å². The van der Waals surface area contributed by atoms with Crippen LogP contribution in [0.25, 0.3) is 0 Å². The fourth-order valence-electron chi connectivity index (χ4n) is 3.97. The van der Waals surface area contributed by atoms with Gasteiger partial charge < -0.3 is 9.42 Å². The van der Waals surface area contributed by atoms with Gasteiger partial charge >= 0.3 is 0 Å². The van der Waals surface area contributed by atoms with Crippen LogP contribution in [0.15, 0.2) is 57.9 Å². The largest absolute Gasteiger partial charge is 0.360 e. The van der Waals surface area contributed by atoms with Crippen LogP contribution in [-0.2, 0) is 27.7 Å². The van der Waals surface area contributed by atoms with Crippen LogP contribution < -0.4 is 9.21 Å². The van der Waals surface area contributed by atoms with E-state index in [1.54, 1.807) is 30.9 Å². The third-order valence-electron chi connectivity index (χ3n) is 5.62. The molecule has 0 saturated heterocycles. The van der Waals surface area contributed by atoms with Gasteiger partial charge in [-0.25, -0.2) is 8.42 Å². The molecule has 0 saturated carbocycles. The maximum Gasteiger partial charge on any atom is 0.270 e. The normalized spacial score (nSPS) is 13.3. The number of benzene rings is 2. The van der Waals surface area contributed by atoms with E-state index in [9.17, 15) is 13.2 Å². The number of nitrogens with zero attached hydrogens (tertiary/aromatic N) is 3. The quantitative estimate of drug-likeness (QED) is 0.586. The van der Waals surface area contributed by atoms with Crippen molar-refractivity contribution in [2.75, 3.05) is 22.3 Å². The van der Waals surface area contributed by atoms with E-state index in [-0.39, 0.29) is 28.8 Å². The SMILES string of the molecule is CCc1ccc(N(CC(=O)N2CCc3ccccc32)S(=O)(=O)c2c(C)noc2C)cc1. The lowest BCUT2D eigenvalue weighted by atomic mass is 10.1. The molecule has 2 aromatic carbocycles. The number of hydrogen-bond donors (Lipinski definition) is 0. The Labute approximate surface area is 182 Å². The van der Waals surface area contributed by atoms with Gasteiger partial charge in [0.1, 0.15) is 12.2 Å². The lowest BCUT2D eigenvalue weighted by molar-refractivity contribution is -0.117. The molecule has 7 nitrogen and oxygen atoms in total. The zero-order valence-electron chi connectivity index (χ0n) is 17.8. The topological polar surface area (TPSA) is 83.7 Å². The Morgan fingerprint density at radius 1 is 1.13 bits per heavy atom. The van der Waals surface area contributed by atoms with Crippen LogP contribution in [0.4, 0.5) is 11.4 Å². The van der Waals surface area contributed by atoms with E-state index in [1.165, 1.54) is 0 Å². The molecule has 0 aliphatic carbocycles. The van der Waals surface area contributed by atoms with E-state index >= 15 is 0 Å². The van der Waals surface area contributed by atoms with Gasteiger partial charge in [0.05, 0.1) is 5.69 Å². The summed E-state index contributed by atoms with van der Waals surface area (Å²) in [5, 5.41) is 3.80. The highest BCUT2D eigenvalue weighted by atomic mass is 32.2. The number of fused-ring (bicyclic) bond motifs is 1. The fraction of sp³-hybridized carbons (Fsp3) is 0.304. The summed E-state index contributed by atoms with van der Waals surface area (Å²) in [7, 11) is -4.06. The summed E-state index contributed by atoms with van der Waals surface area (Å²) in [4.78, 5) is 14.9. The number of para-hydroxylation sites is 1. The van der Waals surface area contributed by atoms with Crippen LogP contribution in [0.3, 0.4) is 0 Å². The Balaban J connectivity index is 1.73. The molecule has 8 heteroatoms. The first-order chi connectivity index (χ1) is 14.8. The van der Waals surface area contributed by atoms with Crippen molar-refractivity contribution in [3.05, 3.63) is 71.1 Å². The number of amides is 1. The van der Waals surface area contributed by atoms with Crippen LogP contribution in [0, 0.1) is 13.8 Å². The maximum atomic E-state index is 13.6. The van der Waals surface area contributed by atoms with Crippen LogP contribution in [-0.4, -0.2) is 32.6 Å². The van der Waals surface area contributed by atoms with Gasteiger partial charge in [-0.05, 0) is 56.0 Å². The molecule has 4 rings (SSSR count). The molecule has 31 heavy (non-hydrogen) atoms. The predicted octanol–water partition coefficient (Wildman–Crippen LogP) is 3.64. The first-order valence-corrected chi connectivity index (χ1v) is 11.7.